The summed E-state index contributed by atoms with van der Waals surface area (Å²) in [6, 6.07) is 19.0. The molecule has 2 atom stereocenters. The third kappa shape index (κ3) is 12.7. The van der Waals surface area contributed by atoms with E-state index in [1.807, 2.05) is 77.1 Å². The van der Waals surface area contributed by atoms with Gasteiger partial charge in [-0.25, -0.2) is 10.5 Å². The highest BCUT2D eigenvalue weighted by Crippen LogP contribution is 2.26. The van der Waals surface area contributed by atoms with Crippen LogP contribution in [0.3, 0.4) is 0 Å². The molecule has 3 aromatic rings. The highest BCUT2D eigenvalue weighted by atomic mass is 32.2. The Morgan fingerprint density at radius 2 is 1.53 bits per heavy atom. The van der Waals surface area contributed by atoms with E-state index in [1.165, 1.54) is 17.1 Å². The minimum Gasteiger partial charge on any atom is -0.357 e. The Balaban J connectivity index is 0.000000537. The molecule has 0 spiro atoms. The zero-order valence-corrected chi connectivity index (χ0v) is 27.1. The molecule has 0 unspecified atom stereocenters. The van der Waals surface area contributed by atoms with Crippen molar-refractivity contribution in [3.8, 4) is 0 Å². The van der Waals surface area contributed by atoms with E-state index in [1.54, 1.807) is 35.9 Å². The topological polar surface area (TPSA) is 169 Å². The van der Waals surface area contributed by atoms with Gasteiger partial charge in [0.2, 0.25) is 11.8 Å². The molecule has 0 saturated heterocycles. The molecule has 45 heavy (non-hydrogen) atoms. The third-order valence-electron chi connectivity index (χ3n) is 6.68. The van der Waals surface area contributed by atoms with Gasteiger partial charge in [-0.2, -0.15) is 8.42 Å². The standard InChI is InChI=1S/C26H36N4O4.C7H8O3S/c1-18(2)16-22(21(25(32)29-34)13-8-12-20-10-6-5-7-11-20)24(31)28-30(17-19(3)4)26(33)23-14-9-15-27-23;1-6-2-4-7(5-3-6)11(8,9)10/h5-12,14-15,18-19,21-22,27,34H,13,16-17H2,1-4H3,(H,28,31)(H,29,32);2-5H,1H3,(H,8,9,10)/t21-,22+;/m0./s1. The van der Waals surface area contributed by atoms with Gasteiger partial charge in [-0.1, -0.05) is 87.9 Å². The van der Waals surface area contributed by atoms with Gasteiger partial charge in [-0.05, 0) is 61.4 Å². The van der Waals surface area contributed by atoms with E-state index in [9.17, 15) is 28.0 Å². The number of amides is 3. The van der Waals surface area contributed by atoms with Crippen LogP contribution in [0.2, 0.25) is 0 Å². The van der Waals surface area contributed by atoms with Crippen molar-refractivity contribution >= 4 is 33.9 Å². The number of carbonyl (C=O) groups is 3. The number of hydrogen-bond acceptors (Lipinski definition) is 6. The zero-order valence-electron chi connectivity index (χ0n) is 26.3. The number of H-pyrrole nitrogens is 1. The monoisotopic (exact) mass is 640 g/mol. The van der Waals surface area contributed by atoms with Crippen molar-refractivity contribution < 1.29 is 32.6 Å². The normalized spacial score (nSPS) is 12.7. The molecule has 0 aliphatic carbocycles. The Morgan fingerprint density at radius 3 is 2.04 bits per heavy atom. The molecule has 3 amide bonds. The van der Waals surface area contributed by atoms with Gasteiger partial charge in [-0.15, -0.1) is 0 Å². The van der Waals surface area contributed by atoms with Gasteiger partial charge in [0.05, 0.1) is 16.7 Å². The maximum absolute atomic E-state index is 13.4. The molecule has 0 saturated carbocycles. The molecule has 11 nitrogen and oxygen atoms in total. The lowest BCUT2D eigenvalue weighted by Gasteiger charge is -2.30. The summed E-state index contributed by atoms with van der Waals surface area (Å²) in [7, 11) is -4.02. The summed E-state index contributed by atoms with van der Waals surface area (Å²) in [4.78, 5) is 41.8. The van der Waals surface area contributed by atoms with Crippen LogP contribution in [0.4, 0.5) is 0 Å². The fourth-order valence-electron chi connectivity index (χ4n) is 4.49. The van der Waals surface area contributed by atoms with Gasteiger partial charge in [-0.3, -0.25) is 29.6 Å². The molecule has 0 fully saturated rings. The number of hydroxylamine groups is 1. The Kier molecular flexibility index (Phi) is 14.7. The van der Waals surface area contributed by atoms with Crippen molar-refractivity contribution in [2.75, 3.05) is 6.54 Å². The number of aromatic nitrogens is 1. The van der Waals surface area contributed by atoms with Crippen LogP contribution < -0.4 is 10.9 Å². The maximum Gasteiger partial charge on any atom is 0.294 e. The van der Waals surface area contributed by atoms with Crippen LogP contribution in [-0.2, 0) is 19.7 Å². The molecule has 0 aliphatic heterocycles. The first-order chi connectivity index (χ1) is 21.2. The molecular formula is C33H44N4O7S. The summed E-state index contributed by atoms with van der Waals surface area (Å²) >= 11 is 0. The number of nitrogens with zero attached hydrogens (tertiary/aromatic N) is 1. The fraction of sp³-hybridized carbons (Fsp3) is 0.364. The Morgan fingerprint density at radius 1 is 0.889 bits per heavy atom. The average molecular weight is 641 g/mol. The Bertz CT molecular complexity index is 1490. The summed E-state index contributed by atoms with van der Waals surface area (Å²) in [5.74, 6) is -2.77. The van der Waals surface area contributed by atoms with E-state index < -0.39 is 33.8 Å². The second-order valence-electron chi connectivity index (χ2n) is 11.5. The lowest BCUT2D eigenvalue weighted by molar-refractivity contribution is -0.142. The lowest BCUT2D eigenvalue weighted by atomic mass is 9.82. The van der Waals surface area contributed by atoms with Gasteiger partial charge in [0.25, 0.3) is 16.0 Å². The van der Waals surface area contributed by atoms with Crippen LogP contribution in [0.5, 0.6) is 0 Å². The molecule has 2 aromatic carbocycles. The van der Waals surface area contributed by atoms with Gasteiger partial charge in [0.15, 0.2) is 0 Å². The van der Waals surface area contributed by atoms with E-state index in [2.05, 4.69) is 10.4 Å². The molecule has 3 rings (SSSR count). The molecular weight excluding hydrogens is 596 g/mol. The van der Waals surface area contributed by atoms with E-state index >= 15 is 0 Å². The van der Waals surface area contributed by atoms with Crippen LogP contribution >= 0.6 is 0 Å². The summed E-state index contributed by atoms with van der Waals surface area (Å²) in [6.45, 7) is 9.97. The largest absolute Gasteiger partial charge is 0.357 e. The lowest BCUT2D eigenvalue weighted by Crippen LogP contribution is -2.52. The van der Waals surface area contributed by atoms with E-state index in [0.29, 0.717) is 18.7 Å². The SMILES string of the molecule is CC(C)C[C@@H](C(=O)NN(CC(C)C)C(=O)c1ccc[nH]1)[C@H](CC=Cc1ccccc1)C(=O)NO.Cc1ccc(S(=O)(=O)O)cc1. The number of hydrazine groups is 1. The second-order valence-corrected chi connectivity index (χ2v) is 12.9. The number of benzene rings is 2. The van der Waals surface area contributed by atoms with Gasteiger partial charge < -0.3 is 4.98 Å². The first-order valence-corrected chi connectivity index (χ1v) is 16.1. The smallest absolute Gasteiger partial charge is 0.294 e. The number of aryl methyl sites for hydroxylation is 1. The summed E-state index contributed by atoms with van der Waals surface area (Å²) < 4.78 is 29.6. The Labute approximate surface area is 265 Å². The molecule has 1 aromatic heterocycles. The fourth-order valence-corrected chi connectivity index (χ4v) is 4.97. The van der Waals surface area contributed by atoms with Gasteiger partial charge in [0.1, 0.15) is 5.69 Å². The number of rotatable bonds is 12. The number of carbonyl (C=O) groups excluding carboxylic acids is 3. The molecule has 1 heterocycles. The Hall–Kier alpha value is -4.26. The quantitative estimate of drug-likeness (QED) is 0.102. The first kappa shape index (κ1) is 36.9. The van der Waals surface area contributed by atoms with Crippen LogP contribution in [-0.4, -0.2) is 52.4 Å². The van der Waals surface area contributed by atoms with Crippen LogP contribution in [0.15, 0.2) is 83.9 Å². The highest BCUT2D eigenvalue weighted by Gasteiger charge is 2.35. The minimum atomic E-state index is -4.02. The van der Waals surface area contributed by atoms with Crippen molar-refractivity contribution in [2.45, 2.75) is 52.4 Å². The highest BCUT2D eigenvalue weighted by molar-refractivity contribution is 7.85. The second kappa shape index (κ2) is 17.9. The van der Waals surface area contributed by atoms with E-state index in [-0.39, 0.29) is 29.1 Å². The zero-order chi connectivity index (χ0) is 33.6. The van der Waals surface area contributed by atoms with Crippen molar-refractivity contribution in [1.29, 1.82) is 0 Å². The molecule has 12 heteroatoms. The van der Waals surface area contributed by atoms with Gasteiger partial charge in [0, 0.05) is 12.7 Å². The van der Waals surface area contributed by atoms with E-state index in [0.717, 1.165) is 11.1 Å². The number of allylic oxidation sites excluding steroid dienone is 1. The van der Waals surface area contributed by atoms with Gasteiger partial charge >= 0.3 is 0 Å². The molecule has 0 bridgehead atoms. The number of hydrogen-bond donors (Lipinski definition) is 5. The maximum atomic E-state index is 13.4. The predicted octanol–water partition coefficient (Wildman–Crippen LogP) is 5.27. The number of aromatic amines is 1. The van der Waals surface area contributed by atoms with Crippen LogP contribution in [0.1, 0.15) is 62.2 Å². The average Bonchev–Trinajstić information content (AvgIpc) is 3.53. The summed E-state index contributed by atoms with van der Waals surface area (Å²) in [5.41, 5.74) is 6.75. The van der Waals surface area contributed by atoms with Crippen LogP contribution in [0.25, 0.3) is 6.08 Å². The van der Waals surface area contributed by atoms with Crippen LogP contribution in [0, 0.1) is 30.6 Å². The van der Waals surface area contributed by atoms with E-state index in [4.69, 9.17) is 4.55 Å². The number of nitrogens with one attached hydrogen (secondary N) is 3. The first-order valence-electron chi connectivity index (χ1n) is 14.7. The molecule has 5 N–H and O–H groups in total. The van der Waals surface area contributed by atoms with Crippen molar-refractivity contribution in [3.05, 3.63) is 95.8 Å². The van der Waals surface area contributed by atoms with Crippen molar-refractivity contribution in [2.24, 2.45) is 23.7 Å². The van der Waals surface area contributed by atoms with Crippen molar-refractivity contribution in [3.63, 3.8) is 0 Å². The molecule has 0 aliphatic rings. The predicted molar refractivity (Wildman–Crippen MR) is 172 cm³/mol. The third-order valence-corrected chi connectivity index (χ3v) is 7.55. The minimum absolute atomic E-state index is 0.0666. The summed E-state index contributed by atoms with van der Waals surface area (Å²) in [5, 5.41) is 10.7. The molecule has 244 valence electrons. The summed E-state index contributed by atoms with van der Waals surface area (Å²) in [6.07, 6.45) is 6.01. The van der Waals surface area contributed by atoms with Crippen molar-refractivity contribution in [1.82, 2.24) is 20.9 Å². The molecule has 0 radical (unpaired) electrons.